The number of aliphatic carboxylic acids is 1. The first-order chi connectivity index (χ1) is 12.7. The van der Waals surface area contributed by atoms with Crippen molar-refractivity contribution >= 4 is 23.1 Å². The number of hydrogen-bond acceptors (Lipinski definition) is 3. The number of nitrogens with zero attached hydrogens (tertiary/aromatic N) is 1. The van der Waals surface area contributed by atoms with Crippen LogP contribution in [0.5, 0.6) is 5.75 Å². The molecule has 1 heterocycles. The van der Waals surface area contributed by atoms with Crippen LogP contribution in [-0.4, -0.2) is 27.7 Å². The van der Waals surface area contributed by atoms with Crippen LogP contribution in [-0.2, 0) is 11.2 Å². The summed E-state index contributed by atoms with van der Waals surface area (Å²) in [6.07, 6.45) is 5.50. The van der Waals surface area contributed by atoms with E-state index >= 15 is 0 Å². The minimum atomic E-state index is -0.951. The fraction of sp³-hybridized carbons (Fsp3) is 0.238. The highest BCUT2D eigenvalue weighted by Crippen LogP contribution is 2.24. The average Bonchev–Trinajstić information content (AvgIpc) is 3.04. The molecular weight excluding hydrogens is 328 g/mol. The molecule has 0 fully saturated rings. The lowest BCUT2D eigenvalue weighted by Gasteiger charge is -2.05. The van der Waals surface area contributed by atoms with Crippen LogP contribution in [0.2, 0.25) is 0 Å². The van der Waals surface area contributed by atoms with E-state index in [1.807, 2.05) is 42.5 Å². The van der Waals surface area contributed by atoms with Gasteiger partial charge in [0.1, 0.15) is 17.1 Å². The van der Waals surface area contributed by atoms with Crippen molar-refractivity contribution in [2.75, 3.05) is 6.61 Å². The Hall–Kier alpha value is -3.08. The second-order valence-electron chi connectivity index (χ2n) is 6.13. The summed E-state index contributed by atoms with van der Waals surface area (Å²) in [5.74, 6) is 0.737. The molecule has 1 aromatic heterocycles. The molecule has 2 aromatic carbocycles. The van der Waals surface area contributed by atoms with Crippen LogP contribution in [0.15, 0.2) is 48.5 Å². The molecule has 0 unspecified atom stereocenters. The van der Waals surface area contributed by atoms with Crippen LogP contribution < -0.4 is 4.74 Å². The summed E-state index contributed by atoms with van der Waals surface area (Å²) in [6, 6.07) is 13.7. The zero-order chi connectivity index (χ0) is 18.4. The molecule has 3 aromatic rings. The summed E-state index contributed by atoms with van der Waals surface area (Å²) in [4.78, 5) is 18.6. The van der Waals surface area contributed by atoms with Crippen LogP contribution >= 0.6 is 0 Å². The van der Waals surface area contributed by atoms with Gasteiger partial charge in [0.05, 0.1) is 12.1 Å². The zero-order valence-corrected chi connectivity index (χ0v) is 14.7. The predicted molar refractivity (Wildman–Crippen MR) is 102 cm³/mol. The molecule has 5 nitrogen and oxygen atoms in total. The lowest BCUT2D eigenvalue weighted by atomic mass is 10.1. The Morgan fingerprint density at radius 3 is 2.77 bits per heavy atom. The number of aromatic amines is 1. The fourth-order valence-corrected chi connectivity index (χ4v) is 2.69. The molecule has 0 atom stereocenters. The number of benzene rings is 2. The van der Waals surface area contributed by atoms with E-state index in [-0.39, 0.29) is 0 Å². The van der Waals surface area contributed by atoms with Crippen molar-refractivity contribution in [3.8, 4) is 5.75 Å². The maximum atomic E-state index is 10.6. The van der Waals surface area contributed by atoms with Crippen LogP contribution in [0.3, 0.4) is 0 Å². The second kappa shape index (κ2) is 8.34. The van der Waals surface area contributed by atoms with E-state index in [9.17, 15) is 4.79 Å². The van der Waals surface area contributed by atoms with Gasteiger partial charge >= 0.3 is 5.97 Å². The number of fused-ring (bicyclic) bond motifs is 1. The van der Waals surface area contributed by atoms with Crippen molar-refractivity contribution in [2.45, 2.75) is 26.2 Å². The van der Waals surface area contributed by atoms with Gasteiger partial charge in [0, 0.05) is 12.5 Å². The predicted octanol–water partition coefficient (Wildman–Crippen LogP) is 4.43. The van der Waals surface area contributed by atoms with Gasteiger partial charge in [-0.15, -0.1) is 0 Å². The fourth-order valence-electron chi connectivity index (χ4n) is 2.69. The number of carboxylic acids is 1. The highest BCUT2D eigenvalue weighted by molar-refractivity contribution is 5.85. The zero-order valence-electron chi connectivity index (χ0n) is 14.7. The van der Waals surface area contributed by atoms with Crippen LogP contribution in [0, 0.1) is 0 Å². The molecule has 134 valence electrons. The maximum absolute atomic E-state index is 10.6. The lowest BCUT2D eigenvalue weighted by Crippen LogP contribution is -1.97. The molecule has 3 rings (SSSR count). The second-order valence-corrected chi connectivity index (χ2v) is 6.13. The smallest absolute Gasteiger partial charge is 0.328 e. The number of H-pyrrole nitrogens is 1. The number of hydrogen-bond donors (Lipinski definition) is 2. The third kappa shape index (κ3) is 4.51. The van der Waals surface area contributed by atoms with E-state index < -0.39 is 5.97 Å². The van der Waals surface area contributed by atoms with Crippen LogP contribution in [0.4, 0.5) is 0 Å². The topological polar surface area (TPSA) is 75.2 Å². The van der Waals surface area contributed by atoms with Gasteiger partial charge in [-0.25, -0.2) is 9.78 Å². The summed E-state index contributed by atoms with van der Waals surface area (Å²) < 4.78 is 5.85. The van der Waals surface area contributed by atoms with Gasteiger partial charge in [-0.3, -0.25) is 0 Å². The van der Waals surface area contributed by atoms with E-state index in [1.165, 1.54) is 0 Å². The number of rotatable bonds is 8. The molecule has 5 heteroatoms. The van der Waals surface area contributed by atoms with Crippen molar-refractivity contribution < 1.29 is 14.6 Å². The largest absolute Gasteiger partial charge is 0.491 e. The van der Waals surface area contributed by atoms with E-state index in [1.54, 1.807) is 6.08 Å². The number of ether oxygens (including phenoxy) is 1. The summed E-state index contributed by atoms with van der Waals surface area (Å²) in [6.45, 7) is 2.84. The number of para-hydroxylation sites is 1. The summed E-state index contributed by atoms with van der Waals surface area (Å²) in [7, 11) is 0. The van der Waals surface area contributed by atoms with Gasteiger partial charge in [-0.2, -0.15) is 0 Å². The third-order valence-electron chi connectivity index (χ3n) is 4.05. The van der Waals surface area contributed by atoms with Gasteiger partial charge < -0.3 is 14.8 Å². The lowest BCUT2D eigenvalue weighted by molar-refractivity contribution is -0.131. The number of imidazole rings is 1. The maximum Gasteiger partial charge on any atom is 0.328 e. The molecule has 0 saturated heterocycles. The van der Waals surface area contributed by atoms with Crippen LogP contribution in [0.25, 0.3) is 17.1 Å². The molecule has 0 radical (unpaired) electrons. The van der Waals surface area contributed by atoms with Crippen LogP contribution in [0.1, 0.15) is 36.7 Å². The minimum Gasteiger partial charge on any atom is -0.491 e. The molecule has 0 spiro atoms. The molecule has 0 aliphatic carbocycles. The molecule has 0 aliphatic rings. The molecular formula is C21H22N2O3. The van der Waals surface area contributed by atoms with Crippen molar-refractivity contribution in [3.63, 3.8) is 0 Å². The first-order valence-corrected chi connectivity index (χ1v) is 8.76. The Labute approximate surface area is 152 Å². The monoisotopic (exact) mass is 350 g/mol. The van der Waals surface area contributed by atoms with E-state index in [4.69, 9.17) is 14.8 Å². The molecule has 0 bridgehead atoms. The highest BCUT2D eigenvalue weighted by Gasteiger charge is 2.09. The van der Waals surface area contributed by atoms with Gasteiger partial charge in [-0.1, -0.05) is 43.7 Å². The number of carboxylic acid groups (broad SMARTS) is 1. The van der Waals surface area contributed by atoms with Gasteiger partial charge in [0.25, 0.3) is 0 Å². The Bertz CT molecular complexity index is 911. The summed E-state index contributed by atoms with van der Waals surface area (Å²) in [5, 5.41) is 8.67. The Morgan fingerprint density at radius 1 is 1.23 bits per heavy atom. The average molecular weight is 350 g/mol. The van der Waals surface area contributed by atoms with Crippen molar-refractivity contribution in [1.82, 2.24) is 9.97 Å². The minimum absolute atomic E-state index is 0.673. The first-order valence-electron chi connectivity index (χ1n) is 8.76. The Balaban J connectivity index is 1.74. The standard InChI is InChI=1S/C21H22N2O3/c1-2-3-13-26-18-6-4-5-17-21(18)23-19(22-17)14-16-9-7-15(8-10-16)11-12-20(24)25/h4-12H,2-3,13-14H2,1H3,(H,22,23)(H,24,25)/b12-11+. The first kappa shape index (κ1) is 17.7. The molecule has 0 saturated carbocycles. The highest BCUT2D eigenvalue weighted by atomic mass is 16.5. The molecule has 0 aliphatic heterocycles. The quantitative estimate of drug-likeness (QED) is 0.465. The summed E-state index contributed by atoms with van der Waals surface area (Å²) in [5.41, 5.74) is 3.78. The molecule has 2 N–H and O–H groups in total. The van der Waals surface area contributed by atoms with Gasteiger partial charge in [0.2, 0.25) is 0 Å². The number of unbranched alkanes of at least 4 members (excludes halogenated alkanes) is 1. The molecule has 0 amide bonds. The van der Waals surface area contributed by atoms with Crippen molar-refractivity contribution in [2.24, 2.45) is 0 Å². The van der Waals surface area contributed by atoms with E-state index in [0.29, 0.717) is 13.0 Å². The number of nitrogens with one attached hydrogen (secondary N) is 1. The van der Waals surface area contributed by atoms with Crippen molar-refractivity contribution in [1.29, 1.82) is 0 Å². The van der Waals surface area contributed by atoms with Gasteiger partial charge in [-0.05, 0) is 35.8 Å². The normalized spacial score (nSPS) is 11.3. The van der Waals surface area contributed by atoms with Gasteiger partial charge in [0.15, 0.2) is 0 Å². The molecule has 26 heavy (non-hydrogen) atoms. The number of carbonyl (C=O) groups is 1. The number of aromatic nitrogens is 2. The third-order valence-corrected chi connectivity index (χ3v) is 4.05. The van der Waals surface area contributed by atoms with E-state index in [2.05, 4.69) is 11.9 Å². The SMILES string of the molecule is CCCCOc1cccc2[nH]c(Cc3ccc(/C=C/C(=O)O)cc3)nc12. The Morgan fingerprint density at radius 2 is 2.04 bits per heavy atom. The summed E-state index contributed by atoms with van der Waals surface area (Å²) >= 11 is 0. The van der Waals surface area contributed by atoms with E-state index in [0.717, 1.165) is 52.7 Å². The Kier molecular flexibility index (Phi) is 5.69. The van der Waals surface area contributed by atoms with Crippen molar-refractivity contribution in [3.05, 3.63) is 65.5 Å².